The van der Waals surface area contributed by atoms with Gasteiger partial charge in [0.05, 0.1) is 16.4 Å². The lowest BCUT2D eigenvalue weighted by molar-refractivity contribution is 0.0958. The highest BCUT2D eigenvalue weighted by Crippen LogP contribution is 2.34. The van der Waals surface area contributed by atoms with Gasteiger partial charge in [-0.3, -0.25) is 14.7 Å². The summed E-state index contributed by atoms with van der Waals surface area (Å²) in [6.45, 7) is 4.42. The van der Waals surface area contributed by atoms with E-state index in [1.165, 1.54) is 12.8 Å². The summed E-state index contributed by atoms with van der Waals surface area (Å²) in [5.74, 6) is 1.04. The van der Waals surface area contributed by atoms with Crippen molar-refractivity contribution in [3.8, 4) is 11.5 Å². The van der Waals surface area contributed by atoms with Crippen molar-refractivity contribution in [3.63, 3.8) is 0 Å². The molecular formula is C21H25N5O2S. The number of thiazole rings is 1. The van der Waals surface area contributed by atoms with Crippen LogP contribution in [0.25, 0.3) is 10.2 Å². The third kappa shape index (κ3) is 4.04. The van der Waals surface area contributed by atoms with Crippen molar-refractivity contribution in [1.29, 1.82) is 0 Å². The van der Waals surface area contributed by atoms with Gasteiger partial charge in [0, 0.05) is 39.0 Å². The van der Waals surface area contributed by atoms with Crippen LogP contribution in [0.15, 0.2) is 36.5 Å². The number of amides is 1. The molecular weight excluding hydrogens is 386 g/mol. The highest BCUT2D eigenvalue weighted by molar-refractivity contribution is 7.22. The molecule has 3 aromatic rings. The SMILES string of the molecule is CCN1CCC[C@H]1N(C)c1nc2ccc(Oc3ccnc(C(=O)NC)c3)cc2s1. The zero-order valence-electron chi connectivity index (χ0n) is 16.9. The van der Waals surface area contributed by atoms with Crippen LogP contribution < -0.4 is 15.0 Å². The zero-order chi connectivity index (χ0) is 20.4. The topological polar surface area (TPSA) is 70.6 Å². The predicted molar refractivity (Wildman–Crippen MR) is 116 cm³/mol. The predicted octanol–water partition coefficient (Wildman–Crippen LogP) is 3.72. The average molecular weight is 412 g/mol. The van der Waals surface area contributed by atoms with E-state index in [2.05, 4.69) is 34.1 Å². The van der Waals surface area contributed by atoms with Crippen LogP contribution in [0, 0.1) is 0 Å². The molecule has 3 heterocycles. The van der Waals surface area contributed by atoms with E-state index in [1.807, 2.05) is 18.2 Å². The van der Waals surface area contributed by atoms with Crippen molar-refractivity contribution in [1.82, 2.24) is 20.2 Å². The average Bonchev–Trinajstić information content (AvgIpc) is 3.39. The summed E-state index contributed by atoms with van der Waals surface area (Å²) in [6, 6.07) is 9.25. The molecule has 4 rings (SSSR count). The minimum atomic E-state index is -0.242. The molecule has 1 amide bonds. The maximum atomic E-state index is 11.8. The van der Waals surface area contributed by atoms with E-state index in [0.717, 1.165) is 28.4 Å². The number of nitrogens with zero attached hydrogens (tertiary/aromatic N) is 4. The monoisotopic (exact) mass is 411 g/mol. The fourth-order valence-electron chi connectivity index (χ4n) is 3.71. The molecule has 0 aliphatic carbocycles. The van der Waals surface area contributed by atoms with Crippen LogP contribution in [0.3, 0.4) is 0 Å². The van der Waals surface area contributed by atoms with Gasteiger partial charge in [-0.05, 0) is 37.6 Å². The number of benzene rings is 1. The Morgan fingerprint density at radius 3 is 2.97 bits per heavy atom. The van der Waals surface area contributed by atoms with E-state index in [4.69, 9.17) is 9.72 Å². The number of likely N-dealkylation sites (tertiary alicyclic amines) is 1. The standard InChI is InChI=1S/C21H25N5O2S/c1-4-26-11-5-6-19(26)25(3)21-24-16-8-7-14(13-18(16)29-21)28-15-9-10-23-17(12-15)20(27)22-2/h7-10,12-13,19H,4-6,11H2,1-3H3,(H,22,27)/t19-/m0/s1. The lowest BCUT2D eigenvalue weighted by Crippen LogP contribution is -2.42. The number of hydrogen-bond donors (Lipinski definition) is 1. The van der Waals surface area contributed by atoms with Crippen LogP contribution in [0.4, 0.5) is 5.13 Å². The lowest BCUT2D eigenvalue weighted by Gasteiger charge is -2.31. The Morgan fingerprint density at radius 2 is 2.17 bits per heavy atom. The summed E-state index contributed by atoms with van der Waals surface area (Å²) in [5, 5.41) is 3.59. The number of nitrogens with one attached hydrogen (secondary N) is 1. The molecule has 1 saturated heterocycles. The number of aromatic nitrogens is 2. The number of hydrogen-bond acceptors (Lipinski definition) is 7. The van der Waals surface area contributed by atoms with Gasteiger partial charge >= 0.3 is 0 Å². The number of carbonyl (C=O) groups excluding carboxylic acids is 1. The van der Waals surface area contributed by atoms with Crippen molar-refractivity contribution in [3.05, 3.63) is 42.2 Å². The number of carbonyl (C=O) groups is 1. The number of ether oxygens (including phenoxy) is 1. The Balaban J connectivity index is 1.55. The van der Waals surface area contributed by atoms with Crippen molar-refractivity contribution in [2.45, 2.75) is 25.9 Å². The Hall–Kier alpha value is -2.71. The zero-order valence-corrected chi connectivity index (χ0v) is 17.7. The molecule has 1 fully saturated rings. The molecule has 8 heteroatoms. The molecule has 0 radical (unpaired) electrons. The summed E-state index contributed by atoms with van der Waals surface area (Å²) < 4.78 is 7.04. The van der Waals surface area contributed by atoms with Gasteiger partial charge in [0.15, 0.2) is 5.13 Å². The molecule has 0 saturated carbocycles. The second-order valence-electron chi connectivity index (χ2n) is 7.05. The van der Waals surface area contributed by atoms with Crippen LogP contribution in [0.1, 0.15) is 30.3 Å². The minimum Gasteiger partial charge on any atom is -0.457 e. The van der Waals surface area contributed by atoms with Crippen LogP contribution in [-0.2, 0) is 0 Å². The van der Waals surface area contributed by atoms with Crippen molar-refractivity contribution in [2.75, 3.05) is 32.1 Å². The number of rotatable bonds is 6. The molecule has 1 aliphatic heterocycles. The highest BCUT2D eigenvalue weighted by Gasteiger charge is 2.28. The number of anilines is 1. The normalized spacial score (nSPS) is 16.9. The third-order valence-corrected chi connectivity index (χ3v) is 6.37. The number of pyridine rings is 1. The first-order valence-electron chi connectivity index (χ1n) is 9.82. The Bertz CT molecular complexity index is 1020. The van der Waals surface area contributed by atoms with Gasteiger partial charge in [-0.25, -0.2) is 4.98 Å². The molecule has 1 aliphatic rings. The summed E-state index contributed by atoms with van der Waals surface area (Å²) in [5.41, 5.74) is 1.29. The lowest BCUT2D eigenvalue weighted by atomic mass is 10.3. The van der Waals surface area contributed by atoms with Crippen molar-refractivity contribution < 1.29 is 9.53 Å². The molecule has 0 unspecified atom stereocenters. The molecule has 0 spiro atoms. The smallest absolute Gasteiger partial charge is 0.269 e. The maximum absolute atomic E-state index is 11.8. The first kappa shape index (κ1) is 19.6. The van der Waals surface area contributed by atoms with Gasteiger partial charge in [0.25, 0.3) is 5.91 Å². The molecule has 1 aromatic carbocycles. The summed E-state index contributed by atoms with van der Waals surface area (Å²) in [7, 11) is 3.71. The van der Waals surface area contributed by atoms with Crippen molar-refractivity contribution in [2.24, 2.45) is 0 Å². The van der Waals surface area contributed by atoms with Crippen LogP contribution >= 0.6 is 11.3 Å². The molecule has 2 aromatic heterocycles. The summed E-state index contributed by atoms with van der Waals surface area (Å²) in [6.07, 6.45) is 4.38. The second-order valence-corrected chi connectivity index (χ2v) is 8.06. The van der Waals surface area contributed by atoms with Gasteiger partial charge in [-0.2, -0.15) is 0 Å². The quantitative estimate of drug-likeness (QED) is 0.667. The Labute approximate surface area is 174 Å². The van der Waals surface area contributed by atoms with E-state index >= 15 is 0 Å². The molecule has 1 N–H and O–H groups in total. The summed E-state index contributed by atoms with van der Waals surface area (Å²) >= 11 is 1.67. The molecule has 152 valence electrons. The first-order chi connectivity index (χ1) is 14.1. The van der Waals surface area contributed by atoms with Gasteiger partial charge < -0.3 is 15.0 Å². The third-order valence-electron chi connectivity index (χ3n) is 5.26. The largest absolute Gasteiger partial charge is 0.457 e. The molecule has 1 atom stereocenters. The van der Waals surface area contributed by atoms with Crippen LogP contribution in [0.2, 0.25) is 0 Å². The number of fused-ring (bicyclic) bond motifs is 1. The molecule has 7 nitrogen and oxygen atoms in total. The van der Waals surface area contributed by atoms with Crippen molar-refractivity contribution >= 4 is 32.6 Å². The van der Waals surface area contributed by atoms with Gasteiger partial charge in [0.1, 0.15) is 17.2 Å². The fraction of sp³-hybridized carbons (Fsp3) is 0.381. The Kier molecular flexibility index (Phi) is 5.64. The van der Waals surface area contributed by atoms with E-state index in [-0.39, 0.29) is 5.91 Å². The first-order valence-corrected chi connectivity index (χ1v) is 10.6. The summed E-state index contributed by atoms with van der Waals surface area (Å²) in [4.78, 5) is 25.4. The van der Waals surface area contributed by atoms with Crippen LogP contribution in [0.5, 0.6) is 11.5 Å². The Morgan fingerprint density at radius 1 is 1.34 bits per heavy atom. The van der Waals surface area contributed by atoms with Crippen LogP contribution in [-0.4, -0.2) is 54.1 Å². The highest BCUT2D eigenvalue weighted by atomic mass is 32.1. The van der Waals surface area contributed by atoms with E-state index in [9.17, 15) is 4.79 Å². The fourth-order valence-corrected chi connectivity index (χ4v) is 4.71. The van der Waals surface area contributed by atoms with E-state index < -0.39 is 0 Å². The maximum Gasteiger partial charge on any atom is 0.269 e. The van der Waals surface area contributed by atoms with Gasteiger partial charge in [-0.1, -0.05) is 18.3 Å². The minimum absolute atomic E-state index is 0.242. The van der Waals surface area contributed by atoms with E-state index in [0.29, 0.717) is 23.4 Å². The van der Waals surface area contributed by atoms with E-state index in [1.54, 1.807) is 36.7 Å². The molecule has 0 bridgehead atoms. The second kappa shape index (κ2) is 8.34. The van der Waals surface area contributed by atoms with Gasteiger partial charge in [-0.15, -0.1) is 0 Å². The molecule has 29 heavy (non-hydrogen) atoms. The van der Waals surface area contributed by atoms with Gasteiger partial charge in [0.2, 0.25) is 0 Å².